The molecule has 0 amide bonds. The predicted octanol–water partition coefficient (Wildman–Crippen LogP) is 4.69. The maximum absolute atomic E-state index is 12.9. The van der Waals surface area contributed by atoms with Gasteiger partial charge in [-0.3, -0.25) is 0 Å². The van der Waals surface area contributed by atoms with Crippen LogP contribution in [0.4, 0.5) is 35.1 Å². The molecule has 0 spiro atoms. The van der Waals surface area contributed by atoms with Gasteiger partial charge in [-0.2, -0.15) is 40.4 Å². The number of sulfone groups is 1. The third-order valence-electron chi connectivity index (χ3n) is 3.32. The van der Waals surface area contributed by atoms with E-state index in [1.807, 2.05) is 0 Å². The number of hydrogen-bond donors (Lipinski definition) is 0. The third-order valence-corrected chi connectivity index (χ3v) is 6.49. The first kappa shape index (κ1) is 24.2. The maximum atomic E-state index is 12.9. The highest BCUT2D eigenvalue weighted by Gasteiger charge is 2.58. The topological polar surface area (TPSA) is 57.9 Å². The Labute approximate surface area is 143 Å². The van der Waals surface area contributed by atoms with Crippen LogP contribution in [0.25, 0.3) is 0 Å². The molecule has 0 aromatic carbocycles. The molecular formula is C12H15F8NO2S2. The van der Waals surface area contributed by atoms with Gasteiger partial charge in [-0.15, -0.1) is 0 Å². The van der Waals surface area contributed by atoms with Crippen LogP contribution in [0.15, 0.2) is 0 Å². The van der Waals surface area contributed by atoms with Gasteiger partial charge in [0.2, 0.25) is 0 Å². The zero-order chi connectivity index (χ0) is 20.2. The second kappa shape index (κ2) is 8.28. The monoisotopic (exact) mass is 421 g/mol. The zero-order valence-electron chi connectivity index (χ0n) is 12.8. The average Bonchev–Trinajstić information content (AvgIpc) is 2.41. The first-order valence-corrected chi connectivity index (χ1v) is 9.46. The van der Waals surface area contributed by atoms with Crippen LogP contribution in [0.1, 0.15) is 32.6 Å². The second-order valence-electron chi connectivity index (χ2n) is 5.17. The van der Waals surface area contributed by atoms with Gasteiger partial charge < -0.3 is 0 Å². The minimum Gasteiger partial charge on any atom is -0.227 e. The molecule has 0 aliphatic carbocycles. The SMILES string of the molecule is CCCC(C#N)(CCSC(F)(F)F)S(=O)(=O)CCC(F)(F)C(F)(F)F. The van der Waals surface area contributed by atoms with Gasteiger partial charge in [-0.05, 0) is 12.8 Å². The molecule has 0 saturated heterocycles. The number of nitrogens with zero attached hydrogens (tertiary/aromatic N) is 1. The summed E-state index contributed by atoms with van der Waals surface area (Å²) in [5.74, 6) is -7.79. The standard InChI is InChI=1S/C12H15F8NO2S2/c1-2-3-9(8-21,4-6-24-12(18,19)20)25(22,23)7-5-10(13,14)11(15,16)17/h2-7H2,1H3. The molecule has 0 aliphatic heterocycles. The van der Waals surface area contributed by atoms with Crippen LogP contribution in [0.3, 0.4) is 0 Å². The largest absolute Gasteiger partial charge is 0.453 e. The summed E-state index contributed by atoms with van der Waals surface area (Å²) < 4.78 is 121. The summed E-state index contributed by atoms with van der Waals surface area (Å²) in [6, 6.07) is 1.32. The molecule has 0 aromatic heterocycles. The summed E-state index contributed by atoms with van der Waals surface area (Å²) in [4.78, 5) is 0. The van der Waals surface area contributed by atoms with Gasteiger partial charge in [0.15, 0.2) is 14.6 Å². The van der Waals surface area contributed by atoms with Crippen molar-refractivity contribution in [2.45, 2.75) is 55.0 Å². The minimum absolute atomic E-state index is 0.0130. The molecule has 3 nitrogen and oxygen atoms in total. The normalized spacial score (nSPS) is 16.3. The summed E-state index contributed by atoms with van der Waals surface area (Å²) in [6.07, 6.45) is -9.35. The molecule has 0 bridgehead atoms. The Morgan fingerprint density at radius 2 is 1.48 bits per heavy atom. The van der Waals surface area contributed by atoms with Crippen molar-refractivity contribution in [3.63, 3.8) is 0 Å². The first-order valence-electron chi connectivity index (χ1n) is 6.82. The molecule has 148 valence electrons. The molecule has 0 rings (SSSR count). The highest BCUT2D eigenvalue weighted by molar-refractivity contribution is 8.00. The molecule has 0 radical (unpaired) electrons. The first-order chi connectivity index (χ1) is 11.0. The van der Waals surface area contributed by atoms with Crippen molar-refractivity contribution in [1.29, 1.82) is 5.26 Å². The number of hydrogen-bond acceptors (Lipinski definition) is 4. The fourth-order valence-corrected chi connectivity index (χ4v) is 4.75. The van der Waals surface area contributed by atoms with Crippen LogP contribution in [0.2, 0.25) is 0 Å². The van der Waals surface area contributed by atoms with E-state index in [-0.39, 0.29) is 6.42 Å². The fourth-order valence-electron chi connectivity index (χ4n) is 1.95. The Bertz CT molecular complexity index is 579. The molecule has 1 atom stereocenters. The second-order valence-corrected chi connectivity index (χ2v) is 8.75. The van der Waals surface area contributed by atoms with Crippen molar-refractivity contribution >= 4 is 21.6 Å². The lowest BCUT2D eigenvalue weighted by atomic mass is 10.0. The summed E-state index contributed by atoms with van der Waals surface area (Å²) in [5.41, 5.74) is -4.69. The van der Waals surface area contributed by atoms with Crippen molar-refractivity contribution in [1.82, 2.24) is 0 Å². The van der Waals surface area contributed by atoms with E-state index in [4.69, 9.17) is 5.26 Å². The van der Waals surface area contributed by atoms with Gasteiger partial charge in [0.1, 0.15) is 0 Å². The van der Waals surface area contributed by atoms with E-state index >= 15 is 0 Å². The van der Waals surface area contributed by atoms with Gasteiger partial charge in [0, 0.05) is 12.2 Å². The lowest BCUT2D eigenvalue weighted by Gasteiger charge is -2.27. The highest BCUT2D eigenvalue weighted by atomic mass is 32.2. The van der Waals surface area contributed by atoms with E-state index in [2.05, 4.69) is 0 Å². The Morgan fingerprint density at radius 3 is 1.84 bits per heavy atom. The van der Waals surface area contributed by atoms with Crippen molar-refractivity contribution < 1.29 is 43.5 Å². The van der Waals surface area contributed by atoms with Crippen LogP contribution in [-0.4, -0.2) is 42.3 Å². The van der Waals surface area contributed by atoms with Crippen molar-refractivity contribution in [2.75, 3.05) is 11.5 Å². The van der Waals surface area contributed by atoms with Gasteiger partial charge in [0.05, 0.1) is 11.8 Å². The number of halogens is 8. The van der Waals surface area contributed by atoms with Crippen molar-refractivity contribution in [2.24, 2.45) is 0 Å². The van der Waals surface area contributed by atoms with Gasteiger partial charge in [0.25, 0.3) is 0 Å². The molecule has 0 N–H and O–H groups in total. The lowest BCUT2D eigenvalue weighted by Crippen LogP contribution is -2.43. The summed E-state index contributed by atoms with van der Waals surface area (Å²) in [7, 11) is -4.83. The zero-order valence-corrected chi connectivity index (χ0v) is 14.5. The summed E-state index contributed by atoms with van der Waals surface area (Å²) >= 11 is -0.598. The lowest BCUT2D eigenvalue weighted by molar-refractivity contribution is -0.282. The molecule has 25 heavy (non-hydrogen) atoms. The summed E-state index contributed by atoms with van der Waals surface area (Å²) in [6.45, 7) is 1.41. The van der Waals surface area contributed by atoms with Gasteiger partial charge in [-0.1, -0.05) is 25.1 Å². The number of nitriles is 1. The van der Waals surface area contributed by atoms with E-state index in [1.54, 1.807) is 0 Å². The number of thioether (sulfide) groups is 1. The molecule has 0 fully saturated rings. The molecule has 0 aliphatic rings. The van der Waals surface area contributed by atoms with E-state index in [9.17, 15) is 43.5 Å². The van der Waals surface area contributed by atoms with Crippen LogP contribution in [0.5, 0.6) is 0 Å². The Balaban J connectivity index is 5.40. The van der Waals surface area contributed by atoms with E-state index < -0.39 is 74.7 Å². The molecule has 0 saturated carbocycles. The number of alkyl halides is 8. The maximum Gasteiger partial charge on any atom is 0.453 e. The van der Waals surface area contributed by atoms with E-state index in [1.165, 1.54) is 13.0 Å². The molecule has 1 unspecified atom stereocenters. The molecule has 0 aromatic rings. The summed E-state index contributed by atoms with van der Waals surface area (Å²) in [5, 5.41) is 9.13. The Hall–Kier alpha value is -0.770. The molecule has 0 heterocycles. The van der Waals surface area contributed by atoms with Crippen LogP contribution < -0.4 is 0 Å². The minimum atomic E-state index is -5.96. The van der Waals surface area contributed by atoms with E-state index in [0.717, 1.165) is 0 Å². The van der Waals surface area contributed by atoms with Crippen LogP contribution in [0, 0.1) is 11.3 Å². The van der Waals surface area contributed by atoms with Gasteiger partial charge in [-0.25, -0.2) is 8.42 Å². The van der Waals surface area contributed by atoms with Crippen LogP contribution in [-0.2, 0) is 9.84 Å². The smallest absolute Gasteiger partial charge is 0.227 e. The molecular weight excluding hydrogens is 406 g/mol. The Morgan fingerprint density at radius 1 is 0.960 bits per heavy atom. The van der Waals surface area contributed by atoms with Crippen LogP contribution >= 0.6 is 11.8 Å². The molecule has 13 heteroatoms. The highest BCUT2D eigenvalue weighted by Crippen LogP contribution is 2.40. The number of rotatable bonds is 9. The van der Waals surface area contributed by atoms with Gasteiger partial charge >= 0.3 is 17.6 Å². The predicted molar refractivity (Wildman–Crippen MR) is 75.8 cm³/mol. The van der Waals surface area contributed by atoms with Crippen molar-refractivity contribution in [3.05, 3.63) is 0 Å². The fraction of sp³-hybridized carbons (Fsp3) is 0.917. The third kappa shape index (κ3) is 6.80. The van der Waals surface area contributed by atoms with Crippen molar-refractivity contribution in [3.8, 4) is 6.07 Å². The average molecular weight is 421 g/mol. The van der Waals surface area contributed by atoms with E-state index in [0.29, 0.717) is 0 Å². The quantitative estimate of drug-likeness (QED) is 0.507. The Kier molecular flexibility index (Phi) is 8.03.